The zero-order chi connectivity index (χ0) is 19.9. The number of aryl methyl sites for hydroxylation is 2. The fourth-order valence-electron chi connectivity index (χ4n) is 2.90. The van der Waals surface area contributed by atoms with Crippen molar-refractivity contribution in [1.82, 2.24) is 10.3 Å². The Morgan fingerprint density at radius 2 is 1.79 bits per heavy atom. The highest BCUT2D eigenvalue weighted by atomic mass is 16.5. The monoisotopic (exact) mass is 375 g/mol. The number of rotatable bonds is 7. The molecule has 0 saturated heterocycles. The number of aromatic nitrogens is 1. The smallest absolute Gasteiger partial charge is 0.269 e. The first kappa shape index (κ1) is 19.4. The van der Waals surface area contributed by atoms with Crippen LogP contribution in [0.4, 0.5) is 11.4 Å². The van der Waals surface area contributed by atoms with Gasteiger partial charge in [0.25, 0.3) is 5.91 Å². The van der Waals surface area contributed by atoms with Crippen LogP contribution in [0.3, 0.4) is 0 Å². The van der Waals surface area contributed by atoms with E-state index in [1.54, 1.807) is 19.4 Å². The molecule has 0 atom stereocenters. The van der Waals surface area contributed by atoms with Gasteiger partial charge < -0.3 is 15.4 Å². The molecule has 5 heteroatoms. The normalized spacial score (nSPS) is 10.4. The van der Waals surface area contributed by atoms with Gasteiger partial charge in [0.1, 0.15) is 11.4 Å². The van der Waals surface area contributed by atoms with E-state index in [-0.39, 0.29) is 5.91 Å². The van der Waals surface area contributed by atoms with Crippen molar-refractivity contribution in [2.75, 3.05) is 19.0 Å². The maximum atomic E-state index is 12.3. The van der Waals surface area contributed by atoms with Crippen molar-refractivity contribution >= 4 is 17.3 Å². The molecule has 0 spiro atoms. The van der Waals surface area contributed by atoms with Gasteiger partial charge in [0.15, 0.2) is 0 Å². The molecule has 3 rings (SSSR count). The molecule has 1 aromatic heterocycles. The second-order valence-electron chi connectivity index (χ2n) is 6.67. The quantitative estimate of drug-likeness (QED) is 0.641. The molecule has 0 fully saturated rings. The van der Waals surface area contributed by atoms with E-state index in [4.69, 9.17) is 4.74 Å². The lowest BCUT2D eigenvalue weighted by Crippen LogP contribution is -2.26. The second kappa shape index (κ2) is 9.04. The molecule has 3 aromatic rings. The molecule has 1 amide bonds. The Labute approximate surface area is 165 Å². The Kier molecular flexibility index (Phi) is 6.27. The highest BCUT2D eigenvalue weighted by Crippen LogP contribution is 2.19. The number of carbonyl (C=O) groups excluding carboxylic acids is 1. The van der Waals surface area contributed by atoms with E-state index in [2.05, 4.69) is 41.6 Å². The average Bonchev–Trinajstić information content (AvgIpc) is 2.71. The minimum atomic E-state index is -0.187. The minimum Gasteiger partial charge on any atom is -0.496 e. The predicted octanol–water partition coefficient (Wildman–Crippen LogP) is 4.42. The fraction of sp³-hybridized carbons (Fsp3) is 0.217. The van der Waals surface area contributed by atoms with E-state index >= 15 is 0 Å². The first-order valence-electron chi connectivity index (χ1n) is 9.27. The summed E-state index contributed by atoms with van der Waals surface area (Å²) in [6.07, 6.45) is 2.37. The van der Waals surface area contributed by atoms with Gasteiger partial charge in [-0.15, -0.1) is 0 Å². The average molecular weight is 375 g/mol. The Hall–Kier alpha value is -3.34. The number of pyridine rings is 1. The summed E-state index contributed by atoms with van der Waals surface area (Å²) < 4.78 is 5.33. The van der Waals surface area contributed by atoms with Gasteiger partial charge in [0.05, 0.1) is 19.0 Å². The molecule has 0 aliphatic rings. The maximum Gasteiger partial charge on any atom is 0.269 e. The summed E-state index contributed by atoms with van der Waals surface area (Å²) in [6.45, 7) is 4.68. The Morgan fingerprint density at radius 1 is 1.00 bits per heavy atom. The van der Waals surface area contributed by atoms with Crippen molar-refractivity contribution in [2.24, 2.45) is 0 Å². The van der Waals surface area contributed by atoms with E-state index in [9.17, 15) is 4.79 Å². The van der Waals surface area contributed by atoms with Crippen LogP contribution in [0.5, 0.6) is 5.75 Å². The molecule has 28 heavy (non-hydrogen) atoms. The summed E-state index contributed by atoms with van der Waals surface area (Å²) in [5.41, 5.74) is 5.78. The number of hydrogen-bond donors (Lipinski definition) is 2. The van der Waals surface area contributed by atoms with Crippen molar-refractivity contribution in [2.45, 2.75) is 20.3 Å². The number of nitrogens with zero attached hydrogens (tertiary/aromatic N) is 1. The van der Waals surface area contributed by atoms with Crippen LogP contribution in [0, 0.1) is 13.8 Å². The molecule has 144 valence electrons. The topological polar surface area (TPSA) is 63.2 Å². The molecule has 0 bridgehead atoms. The summed E-state index contributed by atoms with van der Waals surface area (Å²) in [4.78, 5) is 16.6. The number of para-hydroxylation sites is 1. The fourth-order valence-corrected chi connectivity index (χ4v) is 2.90. The van der Waals surface area contributed by atoms with E-state index in [1.807, 2.05) is 36.4 Å². The van der Waals surface area contributed by atoms with Crippen molar-refractivity contribution in [3.8, 4) is 5.75 Å². The zero-order valence-electron chi connectivity index (χ0n) is 16.5. The summed E-state index contributed by atoms with van der Waals surface area (Å²) >= 11 is 0. The van der Waals surface area contributed by atoms with Gasteiger partial charge in [-0.2, -0.15) is 0 Å². The van der Waals surface area contributed by atoms with Gasteiger partial charge in [0, 0.05) is 12.2 Å². The highest BCUT2D eigenvalue weighted by Gasteiger charge is 2.08. The highest BCUT2D eigenvalue weighted by molar-refractivity contribution is 5.92. The van der Waals surface area contributed by atoms with E-state index in [0.29, 0.717) is 18.7 Å². The summed E-state index contributed by atoms with van der Waals surface area (Å²) in [7, 11) is 1.65. The SMILES string of the molecule is COc1ccccc1CCNC(=O)c1ccc(Nc2ccc(C)c(C)c2)cn1. The third-order valence-corrected chi connectivity index (χ3v) is 4.66. The molecule has 0 aliphatic carbocycles. The van der Waals surface area contributed by atoms with Crippen LogP contribution in [0.1, 0.15) is 27.2 Å². The summed E-state index contributed by atoms with van der Waals surface area (Å²) in [6, 6.07) is 17.6. The number of nitrogens with one attached hydrogen (secondary N) is 2. The number of methoxy groups -OCH3 is 1. The first-order chi connectivity index (χ1) is 13.6. The number of carbonyl (C=O) groups is 1. The lowest BCUT2D eigenvalue weighted by atomic mass is 10.1. The number of hydrogen-bond acceptors (Lipinski definition) is 4. The van der Waals surface area contributed by atoms with E-state index < -0.39 is 0 Å². The molecule has 2 aromatic carbocycles. The summed E-state index contributed by atoms with van der Waals surface area (Å²) in [5, 5.41) is 6.21. The van der Waals surface area contributed by atoms with Crippen LogP contribution in [0.15, 0.2) is 60.8 Å². The van der Waals surface area contributed by atoms with Crippen LogP contribution in [0.25, 0.3) is 0 Å². The number of amides is 1. The number of ether oxygens (including phenoxy) is 1. The minimum absolute atomic E-state index is 0.187. The van der Waals surface area contributed by atoms with Gasteiger partial charge in [-0.3, -0.25) is 4.79 Å². The molecule has 5 nitrogen and oxygen atoms in total. The van der Waals surface area contributed by atoms with Crippen molar-refractivity contribution in [3.63, 3.8) is 0 Å². The molecule has 2 N–H and O–H groups in total. The molecule has 0 saturated carbocycles. The van der Waals surface area contributed by atoms with Gasteiger partial charge in [-0.1, -0.05) is 24.3 Å². The van der Waals surface area contributed by atoms with Crippen molar-refractivity contribution in [3.05, 3.63) is 83.2 Å². The lowest BCUT2D eigenvalue weighted by Gasteiger charge is -2.10. The van der Waals surface area contributed by atoms with Crippen molar-refractivity contribution in [1.29, 1.82) is 0 Å². The number of anilines is 2. The van der Waals surface area contributed by atoms with Crippen LogP contribution in [-0.2, 0) is 6.42 Å². The largest absolute Gasteiger partial charge is 0.496 e. The predicted molar refractivity (Wildman–Crippen MR) is 112 cm³/mol. The maximum absolute atomic E-state index is 12.3. The third kappa shape index (κ3) is 4.88. The standard InChI is InChI=1S/C23H25N3O2/c1-16-8-9-19(14-17(16)2)26-20-10-11-21(25-15-20)23(27)24-13-12-18-6-4-5-7-22(18)28-3/h4-11,14-15,26H,12-13H2,1-3H3,(H,24,27). The number of benzene rings is 2. The molecular formula is C23H25N3O2. The third-order valence-electron chi connectivity index (χ3n) is 4.66. The van der Waals surface area contributed by atoms with Gasteiger partial charge in [0.2, 0.25) is 0 Å². The van der Waals surface area contributed by atoms with Crippen LogP contribution >= 0.6 is 0 Å². The van der Waals surface area contributed by atoms with Crippen LogP contribution in [-0.4, -0.2) is 24.5 Å². The Balaban J connectivity index is 1.55. The molecule has 1 heterocycles. The second-order valence-corrected chi connectivity index (χ2v) is 6.67. The molecular weight excluding hydrogens is 350 g/mol. The Bertz CT molecular complexity index is 952. The molecule has 0 unspecified atom stereocenters. The van der Waals surface area contributed by atoms with Gasteiger partial charge >= 0.3 is 0 Å². The van der Waals surface area contributed by atoms with Crippen molar-refractivity contribution < 1.29 is 9.53 Å². The molecule has 0 radical (unpaired) electrons. The van der Waals surface area contributed by atoms with Gasteiger partial charge in [-0.25, -0.2) is 4.98 Å². The van der Waals surface area contributed by atoms with E-state index in [0.717, 1.165) is 22.7 Å². The van der Waals surface area contributed by atoms with Crippen LogP contribution in [0.2, 0.25) is 0 Å². The van der Waals surface area contributed by atoms with Crippen LogP contribution < -0.4 is 15.4 Å². The zero-order valence-corrected chi connectivity index (χ0v) is 16.5. The summed E-state index contributed by atoms with van der Waals surface area (Å²) in [5.74, 6) is 0.643. The molecule has 0 aliphatic heterocycles. The lowest BCUT2D eigenvalue weighted by molar-refractivity contribution is 0.0949. The Morgan fingerprint density at radius 3 is 2.50 bits per heavy atom. The first-order valence-corrected chi connectivity index (χ1v) is 9.27. The van der Waals surface area contributed by atoms with E-state index in [1.165, 1.54) is 11.1 Å². The van der Waals surface area contributed by atoms with Gasteiger partial charge in [-0.05, 0) is 67.3 Å².